The second-order valence-corrected chi connectivity index (χ2v) is 16.3. The van der Waals surface area contributed by atoms with Gasteiger partial charge in [0.2, 0.25) is 18.4 Å². The molecule has 0 aromatic carbocycles. The van der Waals surface area contributed by atoms with Gasteiger partial charge in [-0.25, -0.2) is 4.57 Å². The lowest BCUT2D eigenvalue weighted by molar-refractivity contribution is -0.151. The van der Waals surface area contributed by atoms with Crippen molar-refractivity contribution in [3.8, 4) is 0 Å². The summed E-state index contributed by atoms with van der Waals surface area (Å²) in [4.78, 5) is 84.4. The van der Waals surface area contributed by atoms with Crippen molar-refractivity contribution in [1.82, 2.24) is 5.32 Å². The van der Waals surface area contributed by atoms with E-state index in [1.54, 1.807) is 13.8 Å². The van der Waals surface area contributed by atoms with Crippen LogP contribution >= 0.6 is 22.8 Å². The van der Waals surface area contributed by atoms with Gasteiger partial charge in [-0.1, -0.05) is 13.8 Å². The van der Waals surface area contributed by atoms with Gasteiger partial charge in [0.25, 0.3) is 0 Å². The van der Waals surface area contributed by atoms with Crippen LogP contribution in [0.15, 0.2) is 0 Å². The highest BCUT2D eigenvalue weighted by Gasteiger charge is 2.56. The van der Waals surface area contributed by atoms with Gasteiger partial charge in [-0.2, -0.15) is 0 Å². The largest absolute Gasteiger partial charge is 0.472 e. The zero-order valence-corrected chi connectivity index (χ0v) is 29.5. The van der Waals surface area contributed by atoms with Crippen molar-refractivity contribution in [3.05, 3.63) is 0 Å². The van der Waals surface area contributed by atoms with Gasteiger partial charge in [0.05, 0.1) is 33.0 Å². The average molecular weight is 744 g/mol. The monoisotopic (exact) mass is 743 g/mol. The third kappa shape index (κ3) is 20.5. The minimum atomic E-state index is -5.33. The summed E-state index contributed by atoms with van der Waals surface area (Å²) in [5, 5.41) is 9.25. The molecule has 0 spiro atoms. The van der Waals surface area contributed by atoms with Gasteiger partial charge >= 0.3 is 27.4 Å². The first-order chi connectivity index (χ1) is 21.8. The summed E-state index contributed by atoms with van der Waals surface area (Å²) >= 11 is 0. The number of phosphoric ester groups is 1. The van der Waals surface area contributed by atoms with Crippen LogP contribution in [0.3, 0.4) is 0 Å². The molecule has 6 N–H and O–H groups in total. The molecule has 0 bridgehead atoms. The van der Waals surface area contributed by atoms with Gasteiger partial charge in [-0.3, -0.25) is 37.4 Å². The molecule has 19 nitrogen and oxygen atoms in total. The minimum Gasteiger partial charge on any atom is -0.466 e. The number of ketones is 1. The van der Waals surface area contributed by atoms with E-state index in [-0.39, 0.29) is 96.9 Å². The number of amides is 1. The maximum atomic E-state index is 12.1. The van der Waals surface area contributed by atoms with Crippen LogP contribution in [0.5, 0.6) is 0 Å². The summed E-state index contributed by atoms with van der Waals surface area (Å²) < 4.78 is 65.4. The Morgan fingerprint density at radius 1 is 0.787 bits per heavy atom. The van der Waals surface area contributed by atoms with Crippen LogP contribution in [0.1, 0.15) is 65.2 Å². The van der Waals surface area contributed by atoms with Crippen LogP contribution in [0, 0.1) is 0 Å². The van der Waals surface area contributed by atoms with Crippen LogP contribution in [-0.2, 0) is 60.9 Å². The maximum absolute atomic E-state index is 12.1. The molecule has 22 heteroatoms. The average Bonchev–Trinajstić information content (AvgIpc) is 2.97. The molecule has 0 aromatic heterocycles. The van der Waals surface area contributed by atoms with E-state index in [9.17, 15) is 57.6 Å². The number of carbonyl (C=O) groups excluding carboxylic acids is 4. The highest BCUT2D eigenvalue weighted by Crippen LogP contribution is 2.69. The van der Waals surface area contributed by atoms with Crippen molar-refractivity contribution in [3.63, 3.8) is 0 Å². The highest BCUT2D eigenvalue weighted by atomic mass is 31.2. The molecule has 0 aliphatic carbocycles. The number of ether oxygens (including phenoxy) is 4. The third-order valence-corrected chi connectivity index (χ3v) is 11.8. The Morgan fingerprint density at radius 2 is 1.36 bits per heavy atom. The Balaban J connectivity index is 4.10. The fraction of sp³-hybridized carbons (Fsp3) is 0.840. The van der Waals surface area contributed by atoms with Gasteiger partial charge in [0.15, 0.2) is 5.78 Å². The van der Waals surface area contributed by atoms with Gasteiger partial charge in [0.1, 0.15) is 19.3 Å². The van der Waals surface area contributed by atoms with Crippen molar-refractivity contribution >= 4 is 46.4 Å². The molecule has 0 aliphatic rings. The Bertz CT molecular complexity index is 1100. The van der Waals surface area contributed by atoms with Crippen LogP contribution in [0.25, 0.3) is 0 Å². The molecule has 1 amide bonds. The van der Waals surface area contributed by atoms with Gasteiger partial charge in [-0.05, 0) is 19.3 Å². The predicted molar refractivity (Wildman–Crippen MR) is 163 cm³/mol. The molecule has 47 heavy (non-hydrogen) atoms. The lowest BCUT2D eigenvalue weighted by Gasteiger charge is -2.30. The third-order valence-electron chi connectivity index (χ3n) is 6.14. The summed E-state index contributed by atoms with van der Waals surface area (Å²) in [5.74, 6) is -1.85. The second kappa shape index (κ2) is 22.9. The number of phosphoric acid groups is 1. The number of esters is 2. The zero-order valence-electron chi connectivity index (χ0n) is 26.8. The van der Waals surface area contributed by atoms with E-state index < -0.39 is 64.8 Å². The molecule has 0 aromatic rings. The van der Waals surface area contributed by atoms with E-state index >= 15 is 0 Å². The van der Waals surface area contributed by atoms with E-state index in [0.29, 0.717) is 6.66 Å². The van der Waals surface area contributed by atoms with Crippen LogP contribution < -0.4 is 5.32 Å². The first kappa shape index (κ1) is 45.4. The van der Waals surface area contributed by atoms with Crippen LogP contribution in [0.2, 0.25) is 0 Å². The van der Waals surface area contributed by atoms with Crippen molar-refractivity contribution < 1.29 is 85.5 Å². The number of nitrogens with one attached hydrogen (secondary N) is 1. The summed E-state index contributed by atoms with van der Waals surface area (Å²) in [6.07, 6.45) is -1.04. The predicted octanol–water partition coefficient (Wildman–Crippen LogP) is 1.18. The molecule has 0 saturated heterocycles. The van der Waals surface area contributed by atoms with E-state index in [0.717, 1.165) is 0 Å². The van der Waals surface area contributed by atoms with Crippen molar-refractivity contribution in [1.29, 1.82) is 0 Å². The Morgan fingerprint density at radius 3 is 1.94 bits per heavy atom. The summed E-state index contributed by atoms with van der Waals surface area (Å²) in [5.41, 5.74) is 0. The van der Waals surface area contributed by atoms with Gasteiger partial charge < -0.3 is 48.9 Å². The molecular weight excluding hydrogens is 695 g/mol. The van der Waals surface area contributed by atoms with E-state index in [4.69, 9.17) is 28.0 Å². The quantitative estimate of drug-likeness (QED) is 0.0372. The summed E-state index contributed by atoms with van der Waals surface area (Å²) in [6, 6.07) is 0. The Labute approximate surface area is 273 Å². The smallest absolute Gasteiger partial charge is 0.466 e. The first-order valence-electron chi connectivity index (χ1n) is 14.8. The van der Waals surface area contributed by atoms with Crippen LogP contribution in [-0.4, -0.2) is 119 Å². The molecule has 0 saturated carbocycles. The number of aliphatic hydroxyl groups is 1. The summed E-state index contributed by atoms with van der Waals surface area (Å²) in [6.45, 7) is 2.36. The zero-order chi connectivity index (χ0) is 36.2. The molecule has 0 radical (unpaired) electrons. The number of Topliss-reactive ketones (excluding diaryl/α,β-unsaturated/α-hetero) is 1. The van der Waals surface area contributed by atoms with E-state index in [1.807, 2.05) is 0 Å². The summed E-state index contributed by atoms with van der Waals surface area (Å²) in [7, 11) is -14.4. The molecule has 4 unspecified atom stereocenters. The normalized spacial score (nSPS) is 16.3. The van der Waals surface area contributed by atoms with Crippen molar-refractivity contribution in [2.24, 2.45) is 0 Å². The fourth-order valence-electron chi connectivity index (χ4n) is 3.46. The van der Waals surface area contributed by atoms with E-state index in [2.05, 4.69) is 5.32 Å². The Hall–Kier alpha value is -1.59. The number of hydrogen-bond acceptors (Lipinski definition) is 14. The Kier molecular flexibility index (Phi) is 22.2. The molecular formula is C25H48NO18P3. The second-order valence-electron chi connectivity index (χ2n) is 10.2. The standard InChI is InChI=1S/C25H48NO18P3/c1-4-23(29)41-14-9-21(44-24(30)5-2)10-15-43-47(37,38)42-13-6-8-20(27)18-39-16-17-40-19-22(28)26-12-7-11-25(31,45(3,32)33)46(34,35)36/h21,31H,4-19H2,1-3H3,(H,26,28)(H,32,33)(H,37,38)(H2,34,35,36). The topological polar surface area (TPSA) is 288 Å². The SMILES string of the molecule is CCC(=O)OCCC(CCOP(=O)(O)OCCCC(=O)COCCOCC(=O)NCCCC(O)(P(C)(=O)O)P(=O)(O)O)OC(=O)CC. The fourth-order valence-corrected chi connectivity index (χ4v) is 7.19. The number of hydrogen-bond donors (Lipinski definition) is 6. The van der Waals surface area contributed by atoms with Gasteiger partial charge in [0, 0.05) is 45.3 Å². The van der Waals surface area contributed by atoms with Crippen molar-refractivity contribution in [2.45, 2.75) is 76.4 Å². The van der Waals surface area contributed by atoms with Gasteiger partial charge in [-0.15, -0.1) is 0 Å². The molecule has 276 valence electrons. The molecule has 0 aliphatic heterocycles. The van der Waals surface area contributed by atoms with Crippen molar-refractivity contribution in [2.75, 3.05) is 59.5 Å². The molecule has 0 heterocycles. The molecule has 0 rings (SSSR count). The maximum Gasteiger partial charge on any atom is 0.472 e. The van der Waals surface area contributed by atoms with E-state index in [1.165, 1.54) is 0 Å². The molecule has 0 fully saturated rings. The minimum absolute atomic E-state index is 0.00365. The number of rotatable bonds is 28. The lowest BCUT2D eigenvalue weighted by atomic mass is 10.2. The van der Waals surface area contributed by atoms with Crippen LogP contribution in [0.4, 0.5) is 0 Å². The highest BCUT2D eigenvalue weighted by molar-refractivity contribution is 7.74. The first-order valence-corrected chi connectivity index (χ1v) is 20.0. The lowest BCUT2D eigenvalue weighted by Crippen LogP contribution is -2.32. The molecule has 4 atom stereocenters. The number of carbonyl (C=O) groups is 4.